The van der Waals surface area contributed by atoms with E-state index in [1.807, 2.05) is 24.3 Å². The van der Waals surface area contributed by atoms with Crippen molar-refractivity contribution in [3.05, 3.63) is 70.3 Å². The number of carbonyl (C=O) groups excluding carboxylic acids is 1. The summed E-state index contributed by atoms with van der Waals surface area (Å²) in [6.45, 7) is 3.28. The molecule has 45 heavy (non-hydrogen) atoms. The second-order valence-corrected chi connectivity index (χ2v) is 14.9. The fraction of sp³-hybridized carbons (Fsp3) is 0.559. The smallest absolute Gasteiger partial charge is 0.264 e. The zero-order valence-electron chi connectivity index (χ0n) is 25.8. The second kappa shape index (κ2) is 14.4. The Morgan fingerprint density at radius 1 is 1.04 bits per heavy atom. The van der Waals surface area contributed by atoms with Gasteiger partial charge in [0.15, 0.2) is 0 Å². The summed E-state index contributed by atoms with van der Waals surface area (Å²) in [7, 11) is -2.32. The summed E-state index contributed by atoms with van der Waals surface area (Å²) in [5.41, 5.74) is 3.34. The molecular formula is C34H43ClN2O7S. The number of hydrogen-bond donors (Lipinski definition) is 1. The molecule has 0 spiro atoms. The van der Waals surface area contributed by atoms with Crippen molar-refractivity contribution >= 4 is 33.2 Å². The van der Waals surface area contributed by atoms with E-state index in [2.05, 4.69) is 15.7 Å². The maximum atomic E-state index is 13.5. The molecule has 0 aromatic heterocycles. The van der Waals surface area contributed by atoms with E-state index in [4.69, 9.17) is 30.5 Å². The summed E-state index contributed by atoms with van der Waals surface area (Å²) in [5, 5.41) is -0.111. The summed E-state index contributed by atoms with van der Waals surface area (Å²) in [6, 6.07) is 11.1. The number of hydrogen-bond acceptors (Lipinski definition) is 8. The molecule has 6 rings (SSSR count). The van der Waals surface area contributed by atoms with E-state index < -0.39 is 21.2 Å². The number of benzene rings is 2. The topological polar surface area (TPSA) is 103 Å². The molecule has 1 amide bonds. The van der Waals surface area contributed by atoms with Gasteiger partial charge in [0.05, 0.1) is 38.2 Å². The Balaban J connectivity index is 1.37. The van der Waals surface area contributed by atoms with Crippen LogP contribution in [0.3, 0.4) is 0 Å². The van der Waals surface area contributed by atoms with Crippen LogP contribution in [0.2, 0.25) is 5.02 Å². The zero-order chi connectivity index (χ0) is 31.4. The first-order valence-corrected chi connectivity index (χ1v) is 17.9. The number of halogens is 1. The molecule has 3 heterocycles. The molecule has 0 radical (unpaired) electrons. The van der Waals surface area contributed by atoms with Gasteiger partial charge in [-0.25, -0.2) is 13.1 Å². The van der Waals surface area contributed by atoms with Gasteiger partial charge in [0.2, 0.25) is 10.0 Å². The van der Waals surface area contributed by atoms with Crippen molar-refractivity contribution in [1.82, 2.24) is 4.72 Å². The van der Waals surface area contributed by atoms with Crippen LogP contribution in [-0.2, 0) is 37.3 Å². The van der Waals surface area contributed by atoms with Crippen LogP contribution in [-0.4, -0.2) is 72.3 Å². The number of fused-ring (bicyclic) bond motifs is 4. The number of carbonyl (C=O) groups is 1. The molecule has 2 bridgehead atoms. The lowest BCUT2D eigenvalue weighted by molar-refractivity contribution is -0.0308. The van der Waals surface area contributed by atoms with E-state index in [1.165, 1.54) is 5.56 Å². The molecule has 244 valence electrons. The van der Waals surface area contributed by atoms with Gasteiger partial charge < -0.3 is 23.8 Å². The third kappa shape index (κ3) is 7.52. The average molecular weight is 659 g/mol. The number of aryl methyl sites for hydroxylation is 1. The maximum Gasteiger partial charge on any atom is 0.264 e. The van der Waals surface area contributed by atoms with Gasteiger partial charge in [-0.15, -0.1) is 0 Å². The van der Waals surface area contributed by atoms with Crippen LogP contribution >= 0.6 is 11.6 Å². The fourth-order valence-corrected chi connectivity index (χ4v) is 8.69. The Morgan fingerprint density at radius 2 is 1.93 bits per heavy atom. The SMILES string of the molecule is COCCO[C@H]1/C=C/C[C@@H]2COC[C@H]2S(=O)(=O)NC(=O)c2ccc3c(c2)N(CCCCc2cc(Cl)ccc2CO3)C[C@@H]2CC[C@H]21. The Labute approximate surface area is 271 Å². The quantitative estimate of drug-likeness (QED) is 0.355. The summed E-state index contributed by atoms with van der Waals surface area (Å²) in [5.74, 6) is 0.445. The first kappa shape index (κ1) is 32.3. The van der Waals surface area contributed by atoms with Gasteiger partial charge in [-0.05, 0) is 91.8 Å². The molecule has 1 saturated carbocycles. The summed E-state index contributed by atoms with van der Waals surface area (Å²) < 4.78 is 53.0. The van der Waals surface area contributed by atoms with Crippen molar-refractivity contribution in [3.63, 3.8) is 0 Å². The predicted octanol–water partition coefficient (Wildman–Crippen LogP) is 5.15. The van der Waals surface area contributed by atoms with Crippen molar-refractivity contribution < 1.29 is 32.2 Å². The molecular weight excluding hydrogens is 616 g/mol. The highest BCUT2D eigenvalue weighted by atomic mass is 35.5. The Morgan fingerprint density at radius 3 is 2.76 bits per heavy atom. The maximum absolute atomic E-state index is 13.5. The molecule has 4 aliphatic rings. The summed E-state index contributed by atoms with van der Waals surface area (Å²) in [4.78, 5) is 15.8. The molecule has 9 nitrogen and oxygen atoms in total. The molecule has 1 aliphatic carbocycles. The molecule has 0 unspecified atom stereocenters. The van der Waals surface area contributed by atoms with Crippen LogP contribution in [0.1, 0.15) is 53.6 Å². The van der Waals surface area contributed by atoms with E-state index >= 15 is 0 Å². The fourth-order valence-electron chi connectivity index (χ4n) is 7.00. The number of ether oxygens (including phenoxy) is 4. The summed E-state index contributed by atoms with van der Waals surface area (Å²) in [6.07, 6.45) is 9.49. The molecule has 5 atom stereocenters. The van der Waals surface area contributed by atoms with E-state index in [0.717, 1.165) is 56.4 Å². The molecule has 2 aromatic carbocycles. The minimum atomic E-state index is -3.99. The molecule has 3 aliphatic heterocycles. The van der Waals surface area contributed by atoms with Gasteiger partial charge >= 0.3 is 0 Å². The van der Waals surface area contributed by atoms with Gasteiger partial charge in [-0.1, -0.05) is 29.8 Å². The highest BCUT2D eigenvalue weighted by Gasteiger charge is 2.41. The van der Waals surface area contributed by atoms with Crippen LogP contribution in [0.25, 0.3) is 0 Å². The van der Waals surface area contributed by atoms with Crippen molar-refractivity contribution in [1.29, 1.82) is 0 Å². The average Bonchev–Trinajstić information content (AvgIpc) is 3.48. The number of nitrogens with one attached hydrogen (secondary N) is 1. The van der Waals surface area contributed by atoms with Crippen LogP contribution in [0.5, 0.6) is 5.75 Å². The van der Waals surface area contributed by atoms with Gasteiger partial charge in [0, 0.05) is 36.7 Å². The summed E-state index contributed by atoms with van der Waals surface area (Å²) >= 11 is 6.34. The number of amides is 1. The van der Waals surface area contributed by atoms with Crippen molar-refractivity contribution in [2.75, 3.05) is 51.5 Å². The van der Waals surface area contributed by atoms with Crippen molar-refractivity contribution in [2.24, 2.45) is 17.8 Å². The normalized spacial score (nSPS) is 29.1. The minimum Gasteiger partial charge on any atom is -0.487 e. The molecule has 2 aromatic rings. The standard InChI is InChI=1S/C34H43ClN2O7S/c1-41-15-16-43-31-7-4-6-27-20-42-22-33(27)45(39,40)36-34(38)24-10-13-32-30(18-24)37(19-25-9-12-29(25)31)14-3-2-5-23-17-28(35)11-8-26(23)21-44-32/h4,7-8,10-11,13,17-18,25,27,29,31,33H,2-3,5-6,9,12,14-16,19-22H2,1H3,(H,36,38)/b7-4+/t25-,27+,29+,31-,33+/m0/s1. The Bertz CT molecular complexity index is 1500. The minimum absolute atomic E-state index is 0.0536. The van der Waals surface area contributed by atoms with Crippen LogP contribution in [0.15, 0.2) is 48.6 Å². The number of allylic oxidation sites excluding steroid dienone is 1. The third-order valence-electron chi connectivity index (χ3n) is 9.73. The molecule has 1 saturated heterocycles. The van der Waals surface area contributed by atoms with Crippen LogP contribution < -0.4 is 14.4 Å². The van der Waals surface area contributed by atoms with Crippen LogP contribution in [0, 0.1) is 17.8 Å². The van der Waals surface area contributed by atoms with Crippen molar-refractivity contribution in [3.8, 4) is 5.75 Å². The largest absolute Gasteiger partial charge is 0.487 e. The number of sulfonamides is 1. The predicted molar refractivity (Wildman–Crippen MR) is 173 cm³/mol. The van der Waals surface area contributed by atoms with E-state index in [1.54, 1.807) is 25.3 Å². The van der Waals surface area contributed by atoms with Gasteiger partial charge in [-0.2, -0.15) is 0 Å². The monoisotopic (exact) mass is 658 g/mol. The number of rotatable bonds is 4. The zero-order valence-corrected chi connectivity index (χ0v) is 27.4. The lowest BCUT2D eigenvalue weighted by Crippen LogP contribution is -2.44. The van der Waals surface area contributed by atoms with Gasteiger partial charge in [0.25, 0.3) is 5.91 Å². The lowest BCUT2D eigenvalue weighted by Gasteiger charge is -2.44. The first-order chi connectivity index (χ1) is 21.8. The van der Waals surface area contributed by atoms with Crippen LogP contribution in [0.4, 0.5) is 5.69 Å². The van der Waals surface area contributed by atoms with E-state index in [9.17, 15) is 13.2 Å². The Kier molecular flexibility index (Phi) is 10.4. The Hall–Kier alpha value is -2.63. The first-order valence-electron chi connectivity index (χ1n) is 16.0. The highest BCUT2D eigenvalue weighted by molar-refractivity contribution is 7.90. The third-order valence-corrected chi connectivity index (χ3v) is 11.7. The number of nitrogens with zero attached hydrogens (tertiary/aromatic N) is 1. The number of methoxy groups -OCH3 is 1. The van der Waals surface area contributed by atoms with Crippen molar-refractivity contribution in [2.45, 2.75) is 56.5 Å². The number of anilines is 1. The molecule has 1 N–H and O–H groups in total. The van der Waals surface area contributed by atoms with Gasteiger partial charge in [-0.3, -0.25) is 4.79 Å². The van der Waals surface area contributed by atoms with Gasteiger partial charge in [0.1, 0.15) is 17.6 Å². The lowest BCUT2D eigenvalue weighted by atomic mass is 9.70. The highest BCUT2D eigenvalue weighted by Crippen LogP contribution is 2.42. The molecule has 2 fully saturated rings. The van der Waals surface area contributed by atoms with E-state index in [-0.39, 0.29) is 24.2 Å². The second-order valence-electron chi connectivity index (χ2n) is 12.6. The van der Waals surface area contributed by atoms with E-state index in [0.29, 0.717) is 55.5 Å². The molecule has 11 heteroatoms.